The number of esters is 1. The molecule has 0 fully saturated rings. The number of halogens is 2. The molecule has 0 saturated heterocycles. The van der Waals surface area contributed by atoms with Crippen LogP contribution in [0.25, 0.3) is 11.5 Å². The van der Waals surface area contributed by atoms with E-state index in [4.69, 9.17) is 14.9 Å². The second-order valence-corrected chi connectivity index (χ2v) is 5.14. The molecule has 6 nitrogen and oxygen atoms in total. The maximum Gasteiger partial charge on any atom is 0.387 e. The van der Waals surface area contributed by atoms with Crippen molar-refractivity contribution in [3.05, 3.63) is 66.1 Å². The van der Waals surface area contributed by atoms with Crippen LogP contribution in [-0.4, -0.2) is 17.6 Å². The molecule has 8 heteroatoms. The number of rotatable bonds is 6. The monoisotopic (exact) mass is 360 g/mol. The van der Waals surface area contributed by atoms with Crippen LogP contribution in [0.2, 0.25) is 0 Å². The zero-order chi connectivity index (χ0) is 18.5. The van der Waals surface area contributed by atoms with E-state index in [1.54, 1.807) is 30.3 Å². The second-order valence-electron chi connectivity index (χ2n) is 5.14. The molecular formula is C18H14F2N2O4. The molecule has 2 aromatic carbocycles. The molecule has 1 aromatic heterocycles. The molecule has 0 atom stereocenters. The predicted molar refractivity (Wildman–Crippen MR) is 87.9 cm³/mol. The zero-order valence-electron chi connectivity index (χ0n) is 13.4. The maximum atomic E-state index is 12.7. The summed E-state index contributed by atoms with van der Waals surface area (Å²) in [5, 5.41) is 0. The van der Waals surface area contributed by atoms with Gasteiger partial charge < -0.3 is 19.6 Å². The summed E-state index contributed by atoms with van der Waals surface area (Å²) < 4.78 is 40.4. The van der Waals surface area contributed by atoms with Gasteiger partial charge in [-0.1, -0.05) is 18.2 Å². The molecule has 0 amide bonds. The van der Waals surface area contributed by atoms with Crippen molar-refractivity contribution in [1.82, 2.24) is 4.98 Å². The van der Waals surface area contributed by atoms with Gasteiger partial charge in [-0.3, -0.25) is 0 Å². The Morgan fingerprint density at radius 3 is 2.58 bits per heavy atom. The van der Waals surface area contributed by atoms with Crippen LogP contribution in [0, 0.1) is 0 Å². The van der Waals surface area contributed by atoms with Gasteiger partial charge >= 0.3 is 12.6 Å². The molecule has 2 N–H and O–H groups in total. The standard InChI is InChI=1S/C18H14F2N2O4/c19-18(20)26-15-8-12(16-22-13(9-21)10-24-16)6-7-14(15)25-17(23)11-4-2-1-3-5-11/h1-8,10,18H,9,21H2. The van der Waals surface area contributed by atoms with Gasteiger partial charge in [0, 0.05) is 12.1 Å². The van der Waals surface area contributed by atoms with E-state index < -0.39 is 12.6 Å². The minimum atomic E-state index is -3.09. The highest BCUT2D eigenvalue weighted by atomic mass is 19.3. The fourth-order valence-electron chi connectivity index (χ4n) is 2.18. The summed E-state index contributed by atoms with van der Waals surface area (Å²) in [5.74, 6) is -0.965. The van der Waals surface area contributed by atoms with Crippen molar-refractivity contribution >= 4 is 5.97 Å². The Hall–Kier alpha value is -3.26. The molecule has 3 aromatic rings. The molecule has 1 heterocycles. The van der Waals surface area contributed by atoms with Gasteiger partial charge in [0.15, 0.2) is 11.5 Å². The summed E-state index contributed by atoms with van der Waals surface area (Å²) in [6, 6.07) is 12.3. The van der Waals surface area contributed by atoms with Gasteiger partial charge in [-0.05, 0) is 30.3 Å². The molecule has 0 unspecified atom stereocenters. The second kappa shape index (κ2) is 7.75. The average molecular weight is 360 g/mol. The molecule has 0 aliphatic carbocycles. The molecule has 134 valence electrons. The van der Waals surface area contributed by atoms with Crippen LogP contribution in [-0.2, 0) is 6.54 Å². The van der Waals surface area contributed by atoms with Gasteiger partial charge in [0.1, 0.15) is 6.26 Å². The van der Waals surface area contributed by atoms with E-state index in [0.29, 0.717) is 11.3 Å². The summed E-state index contributed by atoms with van der Waals surface area (Å²) in [4.78, 5) is 16.3. The molecule has 0 saturated carbocycles. The lowest BCUT2D eigenvalue weighted by Gasteiger charge is -2.12. The smallest absolute Gasteiger partial charge is 0.387 e. The van der Waals surface area contributed by atoms with Crippen LogP contribution in [0.15, 0.2) is 59.2 Å². The van der Waals surface area contributed by atoms with E-state index in [9.17, 15) is 13.6 Å². The normalized spacial score (nSPS) is 10.8. The van der Waals surface area contributed by atoms with Crippen molar-refractivity contribution in [3.8, 4) is 23.0 Å². The van der Waals surface area contributed by atoms with E-state index in [0.717, 1.165) is 0 Å². The summed E-state index contributed by atoms with van der Waals surface area (Å²) in [6.07, 6.45) is 1.37. The predicted octanol–water partition coefficient (Wildman–Crippen LogP) is 3.62. The Morgan fingerprint density at radius 2 is 1.92 bits per heavy atom. The van der Waals surface area contributed by atoms with Crippen molar-refractivity contribution in [2.24, 2.45) is 5.73 Å². The number of ether oxygens (including phenoxy) is 2. The number of carbonyl (C=O) groups is 1. The minimum absolute atomic E-state index is 0.145. The first-order valence-corrected chi connectivity index (χ1v) is 7.57. The summed E-state index contributed by atoms with van der Waals surface area (Å²) in [5.41, 5.74) is 6.63. The third-order valence-corrected chi connectivity index (χ3v) is 3.38. The third kappa shape index (κ3) is 4.04. The lowest BCUT2D eigenvalue weighted by molar-refractivity contribution is -0.0512. The Balaban J connectivity index is 1.90. The number of hydrogen-bond donors (Lipinski definition) is 1. The van der Waals surface area contributed by atoms with Gasteiger partial charge in [-0.25, -0.2) is 9.78 Å². The highest BCUT2D eigenvalue weighted by Crippen LogP contribution is 2.34. The Morgan fingerprint density at radius 1 is 1.15 bits per heavy atom. The summed E-state index contributed by atoms with van der Waals surface area (Å²) in [7, 11) is 0. The topological polar surface area (TPSA) is 87.6 Å². The SMILES string of the molecule is NCc1coc(-c2ccc(OC(=O)c3ccccc3)c(OC(F)F)c2)n1. The maximum absolute atomic E-state index is 12.7. The van der Waals surface area contributed by atoms with Crippen LogP contribution < -0.4 is 15.2 Å². The van der Waals surface area contributed by atoms with Crippen LogP contribution in [0.1, 0.15) is 16.1 Å². The molecule has 0 bridgehead atoms. The molecule has 3 rings (SSSR count). The Labute approximate surface area is 147 Å². The Kier molecular flexibility index (Phi) is 5.23. The first-order valence-electron chi connectivity index (χ1n) is 7.57. The van der Waals surface area contributed by atoms with Crippen LogP contribution >= 0.6 is 0 Å². The van der Waals surface area contributed by atoms with Crippen LogP contribution in [0.4, 0.5) is 8.78 Å². The number of nitrogens with two attached hydrogens (primary N) is 1. The largest absolute Gasteiger partial charge is 0.444 e. The molecule has 0 spiro atoms. The van der Waals surface area contributed by atoms with Crippen molar-refractivity contribution < 1.29 is 27.5 Å². The molecule has 0 radical (unpaired) electrons. The molecular weight excluding hydrogens is 346 g/mol. The lowest BCUT2D eigenvalue weighted by atomic mass is 10.2. The van der Waals surface area contributed by atoms with E-state index in [1.165, 1.54) is 24.5 Å². The fraction of sp³-hybridized carbons (Fsp3) is 0.111. The number of carbonyl (C=O) groups excluding carboxylic acids is 1. The van der Waals surface area contributed by atoms with Gasteiger partial charge in [0.25, 0.3) is 0 Å². The lowest BCUT2D eigenvalue weighted by Crippen LogP contribution is -2.11. The number of benzene rings is 2. The number of alkyl halides is 2. The van der Waals surface area contributed by atoms with Gasteiger partial charge in [-0.2, -0.15) is 8.78 Å². The van der Waals surface area contributed by atoms with E-state index in [1.807, 2.05) is 0 Å². The summed E-state index contributed by atoms with van der Waals surface area (Å²) in [6.45, 7) is -2.92. The number of hydrogen-bond acceptors (Lipinski definition) is 6. The van der Waals surface area contributed by atoms with E-state index >= 15 is 0 Å². The quantitative estimate of drug-likeness (QED) is 0.534. The molecule has 26 heavy (non-hydrogen) atoms. The molecule has 0 aliphatic heterocycles. The number of nitrogens with zero attached hydrogens (tertiary/aromatic N) is 1. The summed E-state index contributed by atoms with van der Waals surface area (Å²) >= 11 is 0. The van der Waals surface area contributed by atoms with Crippen LogP contribution in [0.3, 0.4) is 0 Å². The number of oxazole rings is 1. The first-order chi connectivity index (χ1) is 12.6. The molecule has 0 aliphatic rings. The average Bonchev–Trinajstić information content (AvgIpc) is 3.12. The highest BCUT2D eigenvalue weighted by Gasteiger charge is 2.18. The van der Waals surface area contributed by atoms with Crippen molar-refractivity contribution in [2.45, 2.75) is 13.2 Å². The fourth-order valence-corrected chi connectivity index (χ4v) is 2.18. The highest BCUT2D eigenvalue weighted by molar-refractivity contribution is 5.91. The minimum Gasteiger partial charge on any atom is -0.444 e. The van der Waals surface area contributed by atoms with Gasteiger partial charge in [0.2, 0.25) is 5.89 Å². The Bertz CT molecular complexity index is 897. The third-order valence-electron chi connectivity index (χ3n) is 3.38. The van der Waals surface area contributed by atoms with Crippen LogP contribution in [0.5, 0.6) is 11.5 Å². The van der Waals surface area contributed by atoms with Crippen molar-refractivity contribution in [1.29, 1.82) is 0 Å². The van der Waals surface area contributed by atoms with Crippen molar-refractivity contribution in [3.63, 3.8) is 0 Å². The van der Waals surface area contributed by atoms with E-state index in [2.05, 4.69) is 9.72 Å². The van der Waals surface area contributed by atoms with Gasteiger partial charge in [0.05, 0.1) is 11.3 Å². The zero-order valence-corrected chi connectivity index (χ0v) is 13.4. The number of aromatic nitrogens is 1. The van der Waals surface area contributed by atoms with Crippen molar-refractivity contribution in [2.75, 3.05) is 0 Å². The van der Waals surface area contributed by atoms with Gasteiger partial charge in [-0.15, -0.1) is 0 Å². The first kappa shape index (κ1) is 17.6. The van der Waals surface area contributed by atoms with E-state index in [-0.39, 0.29) is 29.5 Å².